The number of anilines is 1. The molecule has 1 N–H and O–H groups in total. The van der Waals surface area contributed by atoms with Gasteiger partial charge in [-0.1, -0.05) is 23.7 Å². The first-order valence-electron chi connectivity index (χ1n) is 8.39. The second kappa shape index (κ2) is 8.67. The Morgan fingerprint density at radius 1 is 1.25 bits per heavy atom. The van der Waals surface area contributed by atoms with E-state index in [-0.39, 0.29) is 6.79 Å². The van der Waals surface area contributed by atoms with Gasteiger partial charge in [-0.15, -0.1) is 0 Å². The normalized spacial score (nSPS) is 13.2. The standard InChI is InChI=1S/C20H18ClNO6/c1-12(20(24)22-15-5-3-4-6-16(15)25-2)28-18(23)8-7-13-9-14(21)19-17(10-13)26-11-27-19/h3-10,12H,11H2,1-2H3,(H,22,24)/b8-7+/t12-/m0/s1. The van der Waals surface area contributed by atoms with Gasteiger partial charge in [0.15, 0.2) is 17.6 Å². The summed E-state index contributed by atoms with van der Waals surface area (Å²) in [4.78, 5) is 24.3. The van der Waals surface area contributed by atoms with Crippen LogP contribution >= 0.6 is 11.6 Å². The van der Waals surface area contributed by atoms with Crippen molar-refractivity contribution in [2.24, 2.45) is 0 Å². The monoisotopic (exact) mass is 403 g/mol. The van der Waals surface area contributed by atoms with Crippen LogP contribution in [0.25, 0.3) is 6.08 Å². The molecule has 1 heterocycles. The number of nitrogens with one attached hydrogen (secondary N) is 1. The minimum Gasteiger partial charge on any atom is -0.495 e. The van der Waals surface area contributed by atoms with Crippen LogP contribution in [0.4, 0.5) is 5.69 Å². The number of esters is 1. The third kappa shape index (κ3) is 4.55. The zero-order valence-corrected chi connectivity index (χ0v) is 16.0. The lowest BCUT2D eigenvalue weighted by Gasteiger charge is -2.14. The molecule has 1 aliphatic rings. The van der Waals surface area contributed by atoms with E-state index in [9.17, 15) is 9.59 Å². The molecule has 0 aromatic heterocycles. The molecule has 0 radical (unpaired) electrons. The van der Waals surface area contributed by atoms with E-state index in [1.807, 2.05) is 0 Å². The van der Waals surface area contributed by atoms with Crippen LogP contribution in [-0.2, 0) is 14.3 Å². The highest BCUT2D eigenvalue weighted by molar-refractivity contribution is 6.32. The van der Waals surface area contributed by atoms with Crippen LogP contribution < -0.4 is 19.5 Å². The van der Waals surface area contributed by atoms with Gasteiger partial charge in [-0.3, -0.25) is 4.79 Å². The molecule has 0 fully saturated rings. The topological polar surface area (TPSA) is 83.1 Å². The van der Waals surface area contributed by atoms with Gasteiger partial charge in [0.1, 0.15) is 5.75 Å². The maximum atomic E-state index is 12.2. The number of carbonyl (C=O) groups excluding carboxylic acids is 2. The van der Waals surface area contributed by atoms with Gasteiger partial charge in [0, 0.05) is 6.08 Å². The Kier molecular flexibility index (Phi) is 6.06. The minimum atomic E-state index is -0.998. The number of carbonyl (C=O) groups is 2. The van der Waals surface area contributed by atoms with E-state index in [1.165, 1.54) is 26.2 Å². The van der Waals surface area contributed by atoms with Crippen molar-refractivity contribution in [1.29, 1.82) is 0 Å². The molecule has 0 saturated carbocycles. The Hall–Kier alpha value is -3.19. The molecular weight excluding hydrogens is 386 g/mol. The number of para-hydroxylation sites is 2. The lowest BCUT2D eigenvalue weighted by atomic mass is 10.2. The molecular formula is C20H18ClNO6. The molecule has 1 amide bonds. The number of fused-ring (bicyclic) bond motifs is 1. The molecule has 0 aliphatic carbocycles. The predicted molar refractivity (Wildman–Crippen MR) is 104 cm³/mol. The Balaban J connectivity index is 1.59. The Labute approximate surface area is 166 Å². The fourth-order valence-corrected chi connectivity index (χ4v) is 2.77. The van der Waals surface area contributed by atoms with E-state index in [0.717, 1.165) is 0 Å². The van der Waals surface area contributed by atoms with Gasteiger partial charge in [0.25, 0.3) is 5.91 Å². The van der Waals surface area contributed by atoms with Crippen LogP contribution in [0.15, 0.2) is 42.5 Å². The zero-order chi connectivity index (χ0) is 20.1. The summed E-state index contributed by atoms with van der Waals surface area (Å²) in [5.41, 5.74) is 1.13. The zero-order valence-electron chi connectivity index (χ0n) is 15.2. The smallest absolute Gasteiger partial charge is 0.331 e. The average Bonchev–Trinajstić information content (AvgIpc) is 3.16. The highest BCUT2D eigenvalue weighted by atomic mass is 35.5. The summed E-state index contributed by atoms with van der Waals surface area (Å²) >= 11 is 6.10. The molecule has 28 heavy (non-hydrogen) atoms. The SMILES string of the molecule is COc1ccccc1NC(=O)[C@H](C)OC(=O)/C=C/c1cc(Cl)c2c(c1)OCO2. The first-order valence-corrected chi connectivity index (χ1v) is 8.77. The van der Waals surface area contributed by atoms with E-state index in [4.69, 9.17) is 30.5 Å². The van der Waals surface area contributed by atoms with Gasteiger partial charge < -0.3 is 24.3 Å². The molecule has 0 saturated heterocycles. The van der Waals surface area contributed by atoms with Crippen molar-refractivity contribution < 1.29 is 28.5 Å². The largest absolute Gasteiger partial charge is 0.495 e. The van der Waals surface area contributed by atoms with Crippen molar-refractivity contribution >= 4 is 35.2 Å². The number of hydrogen-bond donors (Lipinski definition) is 1. The number of methoxy groups -OCH3 is 1. The van der Waals surface area contributed by atoms with Gasteiger partial charge in [-0.2, -0.15) is 0 Å². The number of rotatable bonds is 6. The second-order valence-electron chi connectivity index (χ2n) is 5.84. The Morgan fingerprint density at radius 2 is 2.04 bits per heavy atom. The van der Waals surface area contributed by atoms with Gasteiger partial charge in [-0.25, -0.2) is 4.79 Å². The van der Waals surface area contributed by atoms with Crippen LogP contribution in [-0.4, -0.2) is 31.9 Å². The maximum absolute atomic E-state index is 12.2. The molecule has 2 aromatic rings. The summed E-state index contributed by atoms with van der Waals surface area (Å²) in [7, 11) is 1.50. The quantitative estimate of drug-likeness (QED) is 0.585. The van der Waals surface area contributed by atoms with E-state index in [1.54, 1.807) is 36.4 Å². The summed E-state index contributed by atoms with van der Waals surface area (Å²) in [6.45, 7) is 1.58. The van der Waals surface area contributed by atoms with Gasteiger partial charge in [-0.05, 0) is 42.8 Å². The average molecular weight is 404 g/mol. The lowest BCUT2D eigenvalue weighted by molar-refractivity contribution is -0.148. The second-order valence-corrected chi connectivity index (χ2v) is 6.25. The highest BCUT2D eigenvalue weighted by Crippen LogP contribution is 2.40. The summed E-state index contributed by atoms with van der Waals surface area (Å²) in [5.74, 6) is 0.343. The lowest BCUT2D eigenvalue weighted by Crippen LogP contribution is -2.29. The number of hydrogen-bond acceptors (Lipinski definition) is 6. The van der Waals surface area contributed by atoms with E-state index in [0.29, 0.717) is 33.5 Å². The Bertz CT molecular complexity index is 927. The van der Waals surface area contributed by atoms with Gasteiger partial charge in [0.2, 0.25) is 6.79 Å². The van der Waals surface area contributed by atoms with Crippen LogP contribution in [0.1, 0.15) is 12.5 Å². The van der Waals surface area contributed by atoms with Crippen molar-refractivity contribution in [2.45, 2.75) is 13.0 Å². The van der Waals surface area contributed by atoms with Crippen LogP contribution in [0.5, 0.6) is 17.2 Å². The molecule has 8 heteroatoms. The molecule has 0 spiro atoms. The Morgan fingerprint density at radius 3 is 2.82 bits per heavy atom. The number of benzene rings is 2. The fourth-order valence-electron chi connectivity index (χ4n) is 2.50. The summed E-state index contributed by atoms with van der Waals surface area (Å²) in [5, 5.41) is 3.04. The molecule has 0 bridgehead atoms. The molecule has 2 aromatic carbocycles. The van der Waals surface area contributed by atoms with E-state index in [2.05, 4.69) is 5.32 Å². The van der Waals surface area contributed by atoms with Crippen molar-refractivity contribution in [3.8, 4) is 17.2 Å². The van der Waals surface area contributed by atoms with E-state index < -0.39 is 18.0 Å². The fraction of sp³-hybridized carbons (Fsp3) is 0.200. The van der Waals surface area contributed by atoms with Crippen molar-refractivity contribution in [1.82, 2.24) is 0 Å². The van der Waals surface area contributed by atoms with Gasteiger partial charge in [0.05, 0.1) is 17.8 Å². The highest BCUT2D eigenvalue weighted by Gasteiger charge is 2.19. The van der Waals surface area contributed by atoms with E-state index >= 15 is 0 Å². The maximum Gasteiger partial charge on any atom is 0.331 e. The van der Waals surface area contributed by atoms with Crippen molar-refractivity contribution in [3.05, 3.63) is 53.1 Å². The predicted octanol–water partition coefficient (Wildman–Crippen LogP) is 3.66. The first kappa shape index (κ1) is 19.6. The van der Waals surface area contributed by atoms with Crippen molar-refractivity contribution in [3.63, 3.8) is 0 Å². The molecule has 146 valence electrons. The molecule has 1 aliphatic heterocycles. The first-order chi connectivity index (χ1) is 13.5. The summed E-state index contributed by atoms with van der Waals surface area (Å²) < 4.78 is 20.8. The third-order valence-corrected chi connectivity index (χ3v) is 4.17. The summed E-state index contributed by atoms with van der Waals surface area (Å²) in [6.07, 6.45) is 1.73. The molecule has 3 rings (SSSR count). The van der Waals surface area contributed by atoms with Crippen LogP contribution in [0.2, 0.25) is 5.02 Å². The molecule has 1 atom stereocenters. The third-order valence-electron chi connectivity index (χ3n) is 3.89. The molecule has 7 nitrogen and oxygen atoms in total. The molecule has 0 unspecified atom stereocenters. The number of halogens is 1. The summed E-state index contributed by atoms with van der Waals surface area (Å²) in [6, 6.07) is 10.3. The van der Waals surface area contributed by atoms with Crippen LogP contribution in [0, 0.1) is 0 Å². The van der Waals surface area contributed by atoms with Crippen molar-refractivity contribution in [2.75, 3.05) is 19.2 Å². The minimum absolute atomic E-state index is 0.100. The van der Waals surface area contributed by atoms with Gasteiger partial charge >= 0.3 is 5.97 Å². The van der Waals surface area contributed by atoms with Crippen LogP contribution in [0.3, 0.4) is 0 Å². The number of ether oxygens (including phenoxy) is 4. The number of amides is 1.